The third-order valence-electron chi connectivity index (χ3n) is 10.2. The highest BCUT2D eigenvalue weighted by atomic mass is 32.2. The van der Waals surface area contributed by atoms with E-state index >= 15 is 0 Å². The molecular weight excluding hydrogens is 584 g/mol. The molecule has 9 heteroatoms. The number of H-pyrrole nitrogens is 1. The van der Waals surface area contributed by atoms with E-state index in [-0.39, 0.29) is 20.9 Å². The van der Waals surface area contributed by atoms with Crippen LogP contribution in [0.25, 0.3) is 98.2 Å². The molecule has 3 aliphatic rings. The molecule has 0 bridgehead atoms. The Morgan fingerprint density at radius 2 is 1.29 bits per heavy atom. The molecule has 9 aromatic rings. The molecule has 0 radical (unpaired) electrons. The van der Waals surface area contributed by atoms with Gasteiger partial charge in [-0.05, 0) is 64.3 Å². The lowest BCUT2D eigenvalue weighted by atomic mass is 9.86. The van der Waals surface area contributed by atoms with Gasteiger partial charge in [0.1, 0.15) is 5.65 Å². The van der Waals surface area contributed by atoms with E-state index in [9.17, 15) is 18.0 Å². The van der Waals surface area contributed by atoms with Gasteiger partial charge in [-0.2, -0.15) is 0 Å². The minimum Gasteiger partial charge on any atom is -0.339 e. The third-order valence-corrected chi connectivity index (χ3v) is 12.0. The zero-order valence-electron chi connectivity index (χ0n) is 23.0. The Morgan fingerprint density at radius 3 is 2.09 bits per heavy atom. The lowest BCUT2D eigenvalue weighted by Crippen LogP contribution is -2.47. The zero-order valence-corrected chi connectivity index (χ0v) is 23.8. The second-order valence-electron chi connectivity index (χ2n) is 12.1. The van der Waals surface area contributed by atoms with Gasteiger partial charge in [-0.25, -0.2) is 13.2 Å². The Bertz CT molecular complexity index is 3370. The number of nitrogens with zero attached hydrogens (tertiary/aromatic N) is 3. The molecular formula is C36H15N4O4S+. The summed E-state index contributed by atoms with van der Waals surface area (Å²) in [5.74, 6) is 0.439. The Kier molecular flexibility index (Phi) is 3.39. The summed E-state index contributed by atoms with van der Waals surface area (Å²) in [5.41, 5.74) is 3.07. The Balaban J connectivity index is 1.42. The zero-order chi connectivity index (χ0) is 29.7. The highest BCUT2D eigenvalue weighted by molar-refractivity contribution is 7.92. The van der Waals surface area contributed by atoms with Crippen LogP contribution in [0.5, 0.6) is 0 Å². The maximum absolute atomic E-state index is 14.6. The van der Waals surface area contributed by atoms with Crippen molar-refractivity contribution in [2.45, 2.75) is 9.79 Å². The molecule has 12 rings (SSSR count). The van der Waals surface area contributed by atoms with Crippen LogP contribution in [-0.4, -0.2) is 22.8 Å². The number of benzene rings is 7. The lowest BCUT2D eigenvalue weighted by molar-refractivity contribution is -0.580. The lowest BCUT2D eigenvalue weighted by Gasteiger charge is -2.17. The van der Waals surface area contributed by atoms with E-state index in [4.69, 9.17) is 4.98 Å². The fraction of sp³-hybridized carbons (Fsp3) is 0. The molecule has 0 saturated carbocycles. The van der Waals surface area contributed by atoms with Crippen molar-refractivity contribution >= 4 is 102 Å². The van der Waals surface area contributed by atoms with Gasteiger partial charge in [-0.3, -0.25) is 9.20 Å². The van der Waals surface area contributed by atoms with Crippen LogP contribution in [0.4, 0.5) is 0 Å². The largest absolute Gasteiger partial charge is 0.347 e. The fourth-order valence-electron chi connectivity index (χ4n) is 8.42. The maximum atomic E-state index is 14.6. The van der Waals surface area contributed by atoms with Gasteiger partial charge in [0.2, 0.25) is 15.4 Å². The molecule has 0 fully saturated rings. The molecule has 0 aliphatic carbocycles. The van der Waals surface area contributed by atoms with Crippen molar-refractivity contribution in [1.82, 2.24) is 14.4 Å². The maximum Gasteiger partial charge on any atom is 0.347 e. The molecule has 3 aliphatic heterocycles. The first-order valence-corrected chi connectivity index (χ1v) is 16.1. The second-order valence-corrected chi connectivity index (χ2v) is 14.0. The van der Waals surface area contributed by atoms with Crippen LogP contribution in [0.15, 0.2) is 104 Å². The summed E-state index contributed by atoms with van der Waals surface area (Å²) >= 11 is 0. The van der Waals surface area contributed by atoms with Crippen LogP contribution in [0.3, 0.4) is 0 Å². The summed E-state index contributed by atoms with van der Waals surface area (Å²) in [6.07, 6.45) is 0. The molecule has 0 saturated heterocycles. The first kappa shape index (κ1) is 22.6. The van der Waals surface area contributed by atoms with Crippen molar-refractivity contribution in [1.29, 1.82) is 0 Å². The normalized spacial score (nSPS) is 14.8. The third kappa shape index (κ3) is 2.20. The number of hydrogen-bond acceptors (Lipinski definition) is 5. The van der Waals surface area contributed by atoms with Gasteiger partial charge in [0.25, 0.3) is 5.56 Å². The molecule has 0 spiro atoms. The van der Waals surface area contributed by atoms with Crippen molar-refractivity contribution in [2.75, 3.05) is 0 Å². The molecule has 208 valence electrons. The van der Waals surface area contributed by atoms with Crippen LogP contribution in [0.1, 0.15) is 0 Å². The van der Waals surface area contributed by atoms with E-state index in [1.807, 2.05) is 72.8 Å². The summed E-state index contributed by atoms with van der Waals surface area (Å²) in [4.78, 5) is 36.8. The number of sulfone groups is 1. The van der Waals surface area contributed by atoms with Crippen LogP contribution in [0, 0.1) is 0 Å². The van der Waals surface area contributed by atoms with E-state index in [1.165, 1.54) is 0 Å². The quantitative estimate of drug-likeness (QED) is 0.135. The van der Waals surface area contributed by atoms with E-state index < -0.39 is 9.84 Å². The van der Waals surface area contributed by atoms with Crippen molar-refractivity contribution in [3.63, 3.8) is 0 Å². The van der Waals surface area contributed by atoms with Gasteiger partial charge in [0.15, 0.2) is 5.52 Å². The minimum absolute atomic E-state index is 0.164. The average molecular weight is 600 g/mol. The molecule has 0 unspecified atom stereocenters. The Morgan fingerprint density at radius 1 is 0.644 bits per heavy atom. The van der Waals surface area contributed by atoms with Gasteiger partial charge >= 0.3 is 11.4 Å². The number of rotatable bonds is 0. The highest BCUT2D eigenvalue weighted by Gasteiger charge is 2.39. The van der Waals surface area contributed by atoms with Crippen molar-refractivity contribution in [3.8, 4) is 5.82 Å². The number of hydrogen-bond donors (Lipinski definition) is 1. The predicted molar refractivity (Wildman–Crippen MR) is 174 cm³/mol. The smallest absolute Gasteiger partial charge is 0.339 e. The molecule has 45 heavy (non-hydrogen) atoms. The molecule has 7 aromatic carbocycles. The minimum atomic E-state index is -3.99. The van der Waals surface area contributed by atoms with E-state index in [1.54, 1.807) is 21.1 Å². The summed E-state index contributed by atoms with van der Waals surface area (Å²) in [6.45, 7) is 0. The van der Waals surface area contributed by atoms with Gasteiger partial charge < -0.3 is 4.98 Å². The van der Waals surface area contributed by atoms with E-state index in [2.05, 4.69) is 4.98 Å². The van der Waals surface area contributed by atoms with E-state index in [0.29, 0.717) is 60.2 Å². The topological polar surface area (TPSA) is 105 Å². The molecule has 0 amide bonds. The van der Waals surface area contributed by atoms with Crippen molar-refractivity contribution in [2.24, 2.45) is 0 Å². The van der Waals surface area contributed by atoms with E-state index in [0.717, 1.165) is 38.0 Å². The highest BCUT2D eigenvalue weighted by Crippen LogP contribution is 2.54. The molecule has 8 nitrogen and oxygen atoms in total. The van der Waals surface area contributed by atoms with Gasteiger partial charge in [-0.15, -0.1) is 4.57 Å². The standard InChI is InChI=1S/C36H14N4O4S/c41-35-17-11-9-15-16-10-12-18-28-20(34-38-22-6-2-4-8-24(22)40(34)36(18)42)14-26-32(30(16)28)31-25(45(26,43)44)13-19(27(17)29(15)31)33-37-21-5-1-3-7-23(21)39(33)35/h1-14H/p+1. The summed E-state index contributed by atoms with van der Waals surface area (Å²) < 4.78 is 32.5. The predicted octanol–water partition coefficient (Wildman–Crippen LogP) is 5.78. The molecule has 0 atom stereocenters. The number of fused-ring (bicyclic) bond motifs is 9. The fourth-order valence-corrected chi connectivity index (χ4v) is 10.1. The Hall–Kier alpha value is -5.93. The SMILES string of the molecule is O=c1c2ccc3c4ccc5c(=O)[n+]6c7ccccc7nc-6c6cc7c(c8c(cc(c2c38)c2[nH]c3ccccc3n12)S7(=O)=O)c4c65. The van der Waals surface area contributed by atoms with Crippen LogP contribution in [0.2, 0.25) is 0 Å². The van der Waals surface area contributed by atoms with Crippen LogP contribution < -0.4 is 15.7 Å². The van der Waals surface area contributed by atoms with Gasteiger partial charge in [-0.1, -0.05) is 36.4 Å². The molecule has 5 heterocycles. The molecule has 2 aromatic heterocycles. The number of imidazole rings is 2. The number of para-hydroxylation sites is 4. The monoisotopic (exact) mass is 599 g/mol. The first-order valence-electron chi connectivity index (χ1n) is 14.6. The number of nitrogens with one attached hydrogen (secondary N) is 1. The average Bonchev–Trinajstić information content (AvgIpc) is 3.71. The number of aromatic amines is 1. The summed E-state index contributed by atoms with van der Waals surface area (Å²) in [5, 5.41) is 8.18. The van der Waals surface area contributed by atoms with Crippen molar-refractivity contribution in [3.05, 3.63) is 106 Å². The summed E-state index contributed by atoms with van der Waals surface area (Å²) in [6, 6.07) is 26.0. The Labute approximate surface area is 250 Å². The number of aromatic nitrogens is 4. The first-order chi connectivity index (χ1) is 21.9. The second kappa shape index (κ2) is 6.74. The summed E-state index contributed by atoms with van der Waals surface area (Å²) in [7, 11) is -3.99. The molecule has 1 N–H and O–H groups in total. The number of pyridine rings is 2. The van der Waals surface area contributed by atoms with Crippen LogP contribution >= 0.6 is 0 Å². The van der Waals surface area contributed by atoms with Crippen LogP contribution in [-0.2, 0) is 9.84 Å². The van der Waals surface area contributed by atoms with Gasteiger partial charge in [0.05, 0.1) is 31.6 Å². The van der Waals surface area contributed by atoms with Gasteiger partial charge in [0, 0.05) is 43.1 Å². The van der Waals surface area contributed by atoms with Crippen molar-refractivity contribution < 1.29 is 13.0 Å².